The van der Waals surface area contributed by atoms with Crippen molar-refractivity contribution in [2.75, 3.05) is 19.7 Å². The molecule has 0 radical (unpaired) electrons. The lowest BCUT2D eigenvalue weighted by molar-refractivity contribution is 0.0673. The van der Waals surface area contributed by atoms with Gasteiger partial charge in [0.25, 0.3) is 0 Å². The van der Waals surface area contributed by atoms with E-state index in [4.69, 9.17) is 9.84 Å². The number of hydrogen-bond donors (Lipinski definition) is 1. The maximum atomic E-state index is 11.1. The van der Waals surface area contributed by atoms with E-state index in [1.54, 1.807) is 6.07 Å². The molecule has 0 aliphatic carbocycles. The molecular formula is C13H15NO3. The average Bonchev–Trinajstić information content (AvgIpc) is 2.26. The summed E-state index contributed by atoms with van der Waals surface area (Å²) in [5.41, 5.74) is 1.32. The zero-order valence-corrected chi connectivity index (χ0v) is 9.56. The smallest absolute Gasteiger partial charge is 0.339 e. The number of rotatable bonds is 2. The van der Waals surface area contributed by atoms with Gasteiger partial charge in [0.2, 0.25) is 0 Å². The third-order valence-electron chi connectivity index (χ3n) is 3.60. The Morgan fingerprint density at radius 3 is 2.88 bits per heavy atom. The lowest BCUT2D eigenvalue weighted by Gasteiger charge is -2.41. The first-order valence-corrected chi connectivity index (χ1v) is 6.00. The van der Waals surface area contributed by atoms with E-state index in [2.05, 4.69) is 4.90 Å². The molecule has 2 aliphatic heterocycles. The SMILES string of the molecule is O=C(O)c1cccc2c1OCCC2N1CCC1. The van der Waals surface area contributed by atoms with Gasteiger partial charge in [-0.25, -0.2) is 4.79 Å². The minimum atomic E-state index is -0.911. The molecule has 0 saturated carbocycles. The van der Waals surface area contributed by atoms with Crippen LogP contribution in [0.4, 0.5) is 0 Å². The van der Waals surface area contributed by atoms with Crippen LogP contribution in [0.1, 0.15) is 34.8 Å². The van der Waals surface area contributed by atoms with E-state index in [1.807, 2.05) is 12.1 Å². The molecule has 0 bridgehead atoms. The molecule has 17 heavy (non-hydrogen) atoms. The normalized spacial score (nSPS) is 23.4. The van der Waals surface area contributed by atoms with Gasteiger partial charge >= 0.3 is 5.97 Å². The second-order valence-electron chi connectivity index (χ2n) is 4.57. The number of carboxylic acid groups (broad SMARTS) is 1. The van der Waals surface area contributed by atoms with Crippen molar-refractivity contribution in [2.45, 2.75) is 18.9 Å². The van der Waals surface area contributed by atoms with Crippen LogP contribution in [0.2, 0.25) is 0 Å². The van der Waals surface area contributed by atoms with E-state index in [0.717, 1.165) is 25.1 Å². The highest BCUT2D eigenvalue weighted by molar-refractivity contribution is 5.91. The third-order valence-corrected chi connectivity index (χ3v) is 3.60. The molecule has 90 valence electrons. The van der Waals surface area contributed by atoms with Crippen LogP contribution in [0.3, 0.4) is 0 Å². The summed E-state index contributed by atoms with van der Waals surface area (Å²) in [6.07, 6.45) is 2.20. The Balaban J connectivity index is 2.02. The first-order chi connectivity index (χ1) is 8.27. The number of benzene rings is 1. The zero-order valence-electron chi connectivity index (χ0n) is 9.56. The van der Waals surface area contributed by atoms with Crippen molar-refractivity contribution in [1.29, 1.82) is 0 Å². The second-order valence-corrected chi connectivity index (χ2v) is 4.57. The van der Waals surface area contributed by atoms with Crippen LogP contribution in [0.15, 0.2) is 18.2 Å². The van der Waals surface area contributed by atoms with Gasteiger partial charge < -0.3 is 9.84 Å². The predicted molar refractivity (Wildman–Crippen MR) is 62.4 cm³/mol. The van der Waals surface area contributed by atoms with Crippen LogP contribution in [-0.2, 0) is 0 Å². The molecule has 0 amide bonds. The number of para-hydroxylation sites is 1. The summed E-state index contributed by atoms with van der Waals surface area (Å²) in [5.74, 6) is -0.339. The minimum absolute atomic E-state index is 0.285. The van der Waals surface area contributed by atoms with Crippen LogP contribution in [-0.4, -0.2) is 35.7 Å². The molecule has 1 unspecified atom stereocenters. The lowest BCUT2D eigenvalue weighted by Crippen LogP contribution is -2.42. The van der Waals surface area contributed by atoms with E-state index in [0.29, 0.717) is 18.4 Å². The summed E-state index contributed by atoms with van der Waals surface area (Å²) in [7, 11) is 0. The van der Waals surface area contributed by atoms with Crippen molar-refractivity contribution in [2.24, 2.45) is 0 Å². The highest BCUT2D eigenvalue weighted by Crippen LogP contribution is 2.39. The van der Waals surface area contributed by atoms with Gasteiger partial charge in [0.1, 0.15) is 11.3 Å². The molecule has 3 rings (SSSR count). The quantitative estimate of drug-likeness (QED) is 0.847. The topological polar surface area (TPSA) is 49.8 Å². The largest absolute Gasteiger partial charge is 0.492 e. The van der Waals surface area contributed by atoms with Gasteiger partial charge in [-0.3, -0.25) is 4.90 Å². The molecular weight excluding hydrogens is 218 g/mol. The molecule has 2 heterocycles. The van der Waals surface area contributed by atoms with E-state index < -0.39 is 5.97 Å². The van der Waals surface area contributed by atoms with Crippen molar-refractivity contribution in [1.82, 2.24) is 4.90 Å². The Hall–Kier alpha value is -1.55. The standard InChI is InChI=1S/C13H15NO3/c15-13(16)10-4-1-3-9-11(14-6-2-7-14)5-8-17-12(9)10/h1,3-4,11H,2,5-8H2,(H,15,16). The number of aromatic carboxylic acids is 1. The third kappa shape index (κ3) is 1.69. The number of nitrogens with zero attached hydrogens (tertiary/aromatic N) is 1. The van der Waals surface area contributed by atoms with Gasteiger partial charge in [-0.2, -0.15) is 0 Å². The van der Waals surface area contributed by atoms with Crippen LogP contribution in [0.25, 0.3) is 0 Å². The summed E-state index contributed by atoms with van der Waals surface area (Å²) >= 11 is 0. The maximum absolute atomic E-state index is 11.1. The Kier molecular flexibility index (Phi) is 2.52. The Morgan fingerprint density at radius 1 is 1.41 bits per heavy atom. The summed E-state index contributed by atoms with van der Waals surface area (Å²) in [4.78, 5) is 13.5. The van der Waals surface area contributed by atoms with Gasteiger partial charge in [-0.05, 0) is 25.6 Å². The number of ether oxygens (including phenoxy) is 1. The second kappa shape index (κ2) is 4.04. The van der Waals surface area contributed by atoms with Gasteiger partial charge in [0, 0.05) is 18.0 Å². The molecule has 0 spiro atoms. The van der Waals surface area contributed by atoms with Gasteiger partial charge in [0.15, 0.2) is 0 Å². The monoisotopic (exact) mass is 233 g/mol. The number of likely N-dealkylation sites (tertiary alicyclic amines) is 1. The zero-order chi connectivity index (χ0) is 11.8. The van der Waals surface area contributed by atoms with E-state index in [-0.39, 0.29) is 5.56 Å². The predicted octanol–water partition coefficient (Wildman–Crippen LogP) is 1.91. The van der Waals surface area contributed by atoms with Crippen molar-refractivity contribution in [3.63, 3.8) is 0 Å². The van der Waals surface area contributed by atoms with Crippen LogP contribution in [0, 0.1) is 0 Å². The molecule has 1 saturated heterocycles. The fourth-order valence-electron chi connectivity index (χ4n) is 2.61. The number of carboxylic acids is 1. The molecule has 2 aliphatic rings. The first kappa shape index (κ1) is 10.6. The first-order valence-electron chi connectivity index (χ1n) is 6.00. The molecule has 1 atom stereocenters. The van der Waals surface area contributed by atoms with E-state index >= 15 is 0 Å². The van der Waals surface area contributed by atoms with E-state index in [1.165, 1.54) is 6.42 Å². The fourth-order valence-corrected chi connectivity index (χ4v) is 2.61. The highest BCUT2D eigenvalue weighted by atomic mass is 16.5. The van der Waals surface area contributed by atoms with Crippen LogP contribution < -0.4 is 4.74 Å². The molecule has 1 N–H and O–H groups in total. The summed E-state index contributed by atoms with van der Waals surface area (Å²) in [6.45, 7) is 2.83. The average molecular weight is 233 g/mol. The molecule has 1 aromatic rings. The Morgan fingerprint density at radius 2 is 2.24 bits per heavy atom. The van der Waals surface area contributed by atoms with Crippen molar-refractivity contribution < 1.29 is 14.6 Å². The van der Waals surface area contributed by atoms with Gasteiger partial charge in [-0.1, -0.05) is 12.1 Å². The molecule has 4 heteroatoms. The van der Waals surface area contributed by atoms with E-state index in [9.17, 15) is 4.79 Å². The molecule has 4 nitrogen and oxygen atoms in total. The Labute approximate surface area is 99.8 Å². The van der Waals surface area contributed by atoms with Crippen molar-refractivity contribution in [3.8, 4) is 5.75 Å². The van der Waals surface area contributed by atoms with Gasteiger partial charge in [0.05, 0.1) is 6.61 Å². The van der Waals surface area contributed by atoms with Crippen LogP contribution >= 0.6 is 0 Å². The minimum Gasteiger partial charge on any atom is -0.492 e. The molecule has 0 aromatic heterocycles. The molecule has 1 fully saturated rings. The molecule has 1 aromatic carbocycles. The number of fused-ring (bicyclic) bond motifs is 1. The Bertz CT molecular complexity index is 454. The number of carbonyl (C=O) groups is 1. The fraction of sp³-hybridized carbons (Fsp3) is 0.462. The lowest BCUT2D eigenvalue weighted by atomic mass is 9.94. The van der Waals surface area contributed by atoms with Gasteiger partial charge in [-0.15, -0.1) is 0 Å². The maximum Gasteiger partial charge on any atom is 0.339 e. The summed E-state index contributed by atoms with van der Waals surface area (Å²) in [5, 5.41) is 9.14. The van der Waals surface area contributed by atoms with Crippen molar-refractivity contribution >= 4 is 5.97 Å². The highest BCUT2D eigenvalue weighted by Gasteiger charge is 2.32. The van der Waals surface area contributed by atoms with Crippen LogP contribution in [0.5, 0.6) is 5.75 Å². The number of hydrogen-bond acceptors (Lipinski definition) is 3. The van der Waals surface area contributed by atoms with Crippen molar-refractivity contribution in [3.05, 3.63) is 29.3 Å². The summed E-state index contributed by atoms with van der Waals surface area (Å²) in [6, 6.07) is 5.75. The summed E-state index contributed by atoms with van der Waals surface area (Å²) < 4.78 is 5.56.